The molecule has 0 spiro atoms. The van der Waals surface area contributed by atoms with Crippen LogP contribution in [0.5, 0.6) is 0 Å². The minimum absolute atomic E-state index is 0.651. The van der Waals surface area contributed by atoms with Crippen molar-refractivity contribution in [3.8, 4) is 0 Å². The summed E-state index contributed by atoms with van der Waals surface area (Å²) in [6, 6.07) is 17.8. The van der Waals surface area contributed by atoms with Crippen molar-refractivity contribution in [3.05, 3.63) is 82.4 Å². The lowest BCUT2D eigenvalue weighted by Gasteiger charge is -2.28. The molecule has 1 heterocycles. The van der Waals surface area contributed by atoms with Gasteiger partial charge in [0.05, 0.1) is 5.71 Å². The molecule has 0 aliphatic carbocycles. The van der Waals surface area contributed by atoms with Gasteiger partial charge in [-0.1, -0.05) is 46.3 Å². The third-order valence-electron chi connectivity index (χ3n) is 3.63. The van der Waals surface area contributed by atoms with Crippen molar-refractivity contribution in [3.63, 3.8) is 0 Å². The normalized spacial score (nSPS) is 16.2. The van der Waals surface area contributed by atoms with Crippen LogP contribution in [-0.4, -0.2) is 10.7 Å². The van der Waals surface area contributed by atoms with Crippen LogP contribution in [0.2, 0.25) is 0 Å². The lowest BCUT2D eigenvalue weighted by atomic mass is 10.1. The van der Waals surface area contributed by atoms with Crippen LogP contribution in [0.4, 0.5) is 5.69 Å². The van der Waals surface area contributed by atoms with Crippen molar-refractivity contribution in [1.82, 2.24) is 5.01 Å². The molecule has 1 aliphatic rings. The van der Waals surface area contributed by atoms with Crippen molar-refractivity contribution >= 4 is 39.3 Å². The number of rotatable bonds is 4. The largest absolute Gasteiger partial charge is 0.340 e. The molecule has 5 nitrogen and oxygen atoms in total. The molecule has 0 aromatic heterocycles. The molecular weight excluding hydrogens is 398 g/mol. The number of benzene rings is 2. The van der Waals surface area contributed by atoms with E-state index < -0.39 is 0 Å². The van der Waals surface area contributed by atoms with Crippen molar-refractivity contribution < 1.29 is 0 Å². The first-order valence-electron chi connectivity index (χ1n) is 7.59. The number of nitrogens with two attached hydrogens (primary N) is 2. The van der Waals surface area contributed by atoms with Gasteiger partial charge in [0.1, 0.15) is 5.82 Å². The number of anilines is 1. The third kappa shape index (κ3) is 4.13. The molecule has 25 heavy (non-hydrogen) atoms. The molecule has 0 unspecified atom stereocenters. The van der Waals surface area contributed by atoms with Gasteiger partial charge >= 0.3 is 0 Å². The van der Waals surface area contributed by atoms with Gasteiger partial charge in [-0.05, 0) is 43.1 Å². The average Bonchev–Trinajstić information content (AvgIpc) is 2.64. The van der Waals surface area contributed by atoms with Crippen LogP contribution in [0, 0.1) is 0 Å². The molecule has 3 rings (SSSR count). The Morgan fingerprint density at radius 3 is 2.40 bits per heavy atom. The molecule has 5 N–H and O–H groups in total. The molecule has 0 bridgehead atoms. The van der Waals surface area contributed by atoms with Crippen LogP contribution in [-0.2, 0) is 0 Å². The minimum Gasteiger partial charge on any atom is -0.340 e. The monoisotopic (exact) mass is 415 g/mol. The summed E-state index contributed by atoms with van der Waals surface area (Å²) < 4.78 is 0.853. The SMILES string of the molecule is C/C(Br)=C1/N=C(c2ccccc2)C=C(Nc2ccc(SN)cc2)N1N. The Balaban J connectivity index is 1.96. The fourth-order valence-corrected chi connectivity index (χ4v) is 2.95. The van der Waals surface area contributed by atoms with Gasteiger partial charge in [0.25, 0.3) is 0 Å². The zero-order valence-electron chi connectivity index (χ0n) is 13.6. The first-order valence-corrected chi connectivity index (χ1v) is 9.26. The molecule has 0 amide bonds. The van der Waals surface area contributed by atoms with E-state index >= 15 is 0 Å². The van der Waals surface area contributed by atoms with Crippen molar-refractivity contribution in [2.24, 2.45) is 16.0 Å². The third-order valence-corrected chi connectivity index (χ3v) is 4.53. The van der Waals surface area contributed by atoms with E-state index in [1.807, 2.05) is 67.6 Å². The van der Waals surface area contributed by atoms with E-state index in [2.05, 4.69) is 26.2 Å². The maximum Gasteiger partial charge on any atom is 0.159 e. The highest BCUT2D eigenvalue weighted by Crippen LogP contribution is 2.26. The van der Waals surface area contributed by atoms with E-state index in [9.17, 15) is 0 Å². The summed E-state index contributed by atoms with van der Waals surface area (Å²) in [5, 5.41) is 10.4. The molecule has 0 radical (unpaired) electrons. The molecule has 0 atom stereocenters. The first kappa shape index (κ1) is 17.8. The fourth-order valence-electron chi connectivity index (χ4n) is 2.37. The quantitative estimate of drug-likeness (QED) is 0.515. The predicted molar refractivity (Wildman–Crippen MR) is 109 cm³/mol. The number of nitrogens with one attached hydrogen (secondary N) is 1. The van der Waals surface area contributed by atoms with Crippen molar-refractivity contribution in [2.45, 2.75) is 11.8 Å². The van der Waals surface area contributed by atoms with E-state index in [0.717, 1.165) is 32.2 Å². The topological polar surface area (TPSA) is 79.7 Å². The Labute approximate surface area is 159 Å². The second-order valence-electron chi connectivity index (χ2n) is 5.39. The van der Waals surface area contributed by atoms with Crippen LogP contribution >= 0.6 is 27.9 Å². The minimum atomic E-state index is 0.651. The Bertz CT molecular complexity index is 840. The predicted octanol–water partition coefficient (Wildman–Crippen LogP) is 4.17. The maximum absolute atomic E-state index is 6.25. The van der Waals surface area contributed by atoms with Gasteiger partial charge in [0.15, 0.2) is 5.82 Å². The van der Waals surface area contributed by atoms with Gasteiger partial charge in [0, 0.05) is 26.7 Å². The van der Waals surface area contributed by atoms with Crippen LogP contribution in [0.3, 0.4) is 0 Å². The zero-order chi connectivity index (χ0) is 17.8. The van der Waals surface area contributed by atoms with Crippen LogP contribution in [0.15, 0.2) is 86.7 Å². The maximum atomic E-state index is 6.25. The van der Waals surface area contributed by atoms with Gasteiger partial charge in [0.2, 0.25) is 0 Å². The number of hydrogen-bond donors (Lipinski definition) is 3. The Hall–Kier alpha value is -2.06. The van der Waals surface area contributed by atoms with Crippen molar-refractivity contribution in [2.75, 3.05) is 5.32 Å². The van der Waals surface area contributed by atoms with E-state index in [4.69, 9.17) is 11.0 Å². The van der Waals surface area contributed by atoms with E-state index in [0.29, 0.717) is 5.82 Å². The number of nitrogens with zero attached hydrogens (tertiary/aromatic N) is 2. The van der Waals surface area contributed by atoms with Gasteiger partial charge in [-0.3, -0.25) is 5.14 Å². The number of hydrazine groups is 1. The number of allylic oxidation sites excluding steroid dienone is 2. The molecule has 0 fully saturated rings. The standard InChI is InChI=1S/C18H18BrN5S/c1-12(19)18-23-16(13-5-3-2-4-6-13)11-17(24(18)20)22-14-7-9-15(25-21)10-8-14/h2-11,22H,20-21H2,1H3/b18-12+. The highest BCUT2D eigenvalue weighted by molar-refractivity contribution is 9.11. The van der Waals surface area contributed by atoms with E-state index in [-0.39, 0.29) is 0 Å². The van der Waals surface area contributed by atoms with Gasteiger partial charge in [-0.25, -0.2) is 15.8 Å². The molecule has 2 aromatic carbocycles. The number of hydrogen-bond acceptors (Lipinski definition) is 6. The van der Waals surface area contributed by atoms with E-state index in [1.54, 1.807) is 0 Å². The number of halogens is 1. The molecule has 0 saturated carbocycles. The van der Waals surface area contributed by atoms with Gasteiger partial charge in [-0.15, -0.1) is 0 Å². The summed E-state index contributed by atoms with van der Waals surface area (Å²) in [4.78, 5) is 5.66. The first-order chi connectivity index (χ1) is 12.1. The van der Waals surface area contributed by atoms with E-state index in [1.165, 1.54) is 17.0 Å². The zero-order valence-corrected chi connectivity index (χ0v) is 16.0. The van der Waals surface area contributed by atoms with Crippen LogP contribution in [0.1, 0.15) is 12.5 Å². The van der Waals surface area contributed by atoms with Crippen LogP contribution < -0.4 is 16.3 Å². The summed E-state index contributed by atoms with van der Waals surface area (Å²) in [6.07, 6.45) is 1.93. The Morgan fingerprint density at radius 1 is 1.12 bits per heavy atom. The lowest BCUT2D eigenvalue weighted by Crippen LogP contribution is -2.36. The number of aliphatic imine (C=N–C) groups is 1. The average molecular weight is 416 g/mol. The molecule has 2 aromatic rings. The highest BCUT2D eigenvalue weighted by atomic mass is 79.9. The lowest BCUT2D eigenvalue weighted by molar-refractivity contribution is 0.444. The summed E-state index contributed by atoms with van der Waals surface area (Å²) in [5.41, 5.74) is 2.78. The second-order valence-corrected chi connectivity index (χ2v) is 7.28. The summed E-state index contributed by atoms with van der Waals surface area (Å²) in [7, 11) is 0. The summed E-state index contributed by atoms with van der Waals surface area (Å²) >= 11 is 4.70. The smallest absolute Gasteiger partial charge is 0.159 e. The highest BCUT2D eigenvalue weighted by Gasteiger charge is 2.20. The molecule has 7 heteroatoms. The Kier molecular flexibility index (Phi) is 5.60. The Morgan fingerprint density at radius 2 is 1.80 bits per heavy atom. The van der Waals surface area contributed by atoms with Crippen molar-refractivity contribution in [1.29, 1.82) is 0 Å². The fraction of sp³-hybridized carbons (Fsp3) is 0.0556. The molecule has 128 valence electrons. The summed E-state index contributed by atoms with van der Waals surface area (Å²) in [5.74, 6) is 7.63. The van der Waals surface area contributed by atoms with Gasteiger partial charge < -0.3 is 5.32 Å². The second kappa shape index (κ2) is 7.88. The molecular formula is C18H18BrN5S. The molecule has 0 saturated heterocycles. The van der Waals surface area contributed by atoms with Gasteiger partial charge in [-0.2, -0.15) is 0 Å². The molecule has 1 aliphatic heterocycles. The van der Waals surface area contributed by atoms with Crippen LogP contribution in [0.25, 0.3) is 0 Å². The summed E-state index contributed by atoms with van der Waals surface area (Å²) in [6.45, 7) is 1.91.